The topological polar surface area (TPSA) is 25.2 Å². The van der Waals surface area contributed by atoms with Crippen LogP contribution in [0.25, 0.3) is 11.0 Å². The first-order chi connectivity index (χ1) is 8.95. The van der Waals surface area contributed by atoms with Crippen LogP contribution in [-0.2, 0) is 12.0 Å². The minimum atomic E-state index is 0.178. The zero-order valence-electron chi connectivity index (χ0n) is 12.3. The van der Waals surface area contributed by atoms with Crippen LogP contribution < -0.4 is 5.32 Å². The minimum absolute atomic E-state index is 0.178. The van der Waals surface area contributed by atoms with Gasteiger partial charge >= 0.3 is 0 Å². The third-order valence-corrected chi connectivity index (χ3v) is 3.96. The summed E-state index contributed by atoms with van der Waals surface area (Å²) in [6.45, 7) is 9.84. The average Bonchev–Trinajstić information content (AvgIpc) is 3.06. The molecule has 1 N–H and O–H groups in total. The van der Waals surface area contributed by atoms with Crippen molar-refractivity contribution in [2.24, 2.45) is 0 Å². The van der Waals surface area contributed by atoms with Gasteiger partial charge in [0.1, 0.15) is 5.58 Å². The van der Waals surface area contributed by atoms with Crippen LogP contribution in [0.4, 0.5) is 0 Å². The summed E-state index contributed by atoms with van der Waals surface area (Å²) in [7, 11) is 0. The molecule has 0 radical (unpaired) electrons. The molecule has 1 aromatic heterocycles. The van der Waals surface area contributed by atoms with Gasteiger partial charge < -0.3 is 9.73 Å². The van der Waals surface area contributed by atoms with E-state index in [4.69, 9.17) is 4.42 Å². The van der Waals surface area contributed by atoms with Gasteiger partial charge in [-0.3, -0.25) is 0 Å². The molecule has 1 aliphatic rings. The van der Waals surface area contributed by atoms with Gasteiger partial charge in [-0.2, -0.15) is 0 Å². The Balaban J connectivity index is 2.01. The van der Waals surface area contributed by atoms with Crippen LogP contribution in [0.2, 0.25) is 0 Å². The summed E-state index contributed by atoms with van der Waals surface area (Å²) < 4.78 is 5.76. The Kier molecular flexibility index (Phi) is 2.94. The van der Waals surface area contributed by atoms with Gasteiger partial charge in [0.25, 0.3) is 0 Å². The maximum atomic E-state index is 5.76. The molecule has 0 atom stereocenters. The van der Waals surface area contributed by atoms with Crippen molar-refractivity contribution in [3.05, 3.63) is 35.1 Å². The number of hydrogen-bond acceptors (Lipinski definition) is 2. The van der Waals surface area contributed by atoms with Crippen molar-refractivity contribution in [1.29, 1.82) is 0 Å². The van der Waals surface area contributed by atoms with Crippen molar-refractivity contribution in [1.82, 2.24) is 5.32 Å². The lowest BCUT2D eigenvalue weighted by atomic mass is 9.85. The van der Waals surface area contributed by atoms with Crippen LogP contribution in [0.3, 0.4) is 0 Å². The van der Waals surface area contributed by atoms with Gasteiger partial charge in [0.05, 0.1) is 6.26 Å². The van der Waals surface area contributed by atoms with Crippen molar-refractivity contribution >= 4 is 11.0 Å². The van der Waals surface area contributed by atoms with Gasteiger partial charge in [0, 0.05) is 23.5 Å². The largest absolute Gasteiger partial charge is 0.464 e. The van der Waals surface area contributed by atoms with E-state index in [-0.39, 0.29) is 5.41 Å². The summed E-state index contributed by atoms with van der Waals surface area (Å²) in [5.74, 6) is 0. The molecule has 0 spiro atoms. The third-order valence-electron chi connectivity index (χ3n) is 3.96. The van der Waals surface area contributed by atoms with E-state index in [9.17, 15) is 0 Å². The van der Waals surface area contributed by atoms with Crippen LogP contribution in [0, 0.1) is 6.92 Å². The molecule has 2 aromatic rings. The Morgan fingerprint density at radius 2 is 2.00 bits per heavy atom. The van der Waals surface area contributed by atoms with Gasteiger partial charge in [0.15, 0.2) is 0 Å². The molecule has 2 heteroatoms. The lowest BCUT2D eigenvalue weighted by Crippen LogP contribution is -2.15. The molecule has 1 aliphatic carbocycles. The molecular formula is C17H23NO. The first-order valence-corrected chi connectivity index (χ1v) is 7.20. The fourth-order valence-corrected chi connectivity index (χ4v) is 2.47. The van der Waals surface area contributed by atoms with E-state index in [0.717, 1.165) is 18.2 Å². The SMILES string of the molecule is Cc1cc(C(C)(C)C)cc2c(CNC3CC3)coc12. The molecule has 3 rings (SSSR count). The quantitative estimate of drug-likeness (QED) is 0.887. The van der Waals surface area contributed by atoms with Crippen LogP contribution in [-0.4, -0.2) is 6.04 Å². The van der Waals surface area contributed by atoms with Crippen molar-refractivity contribution in [2.75, 3.05) is 0 Å². The Hall–Kier alpha value is -1.28. The molecule has 0 amide bonds. The van der Waals surface area contributed by atoms with Gasteiger partial charge in [-0.05, 0) is 42.4 Å². The van der Waals surface area contributed by atoms with E-state index in [0.29, 0.717) is 0 Å². The van der Waals surface area contributed by atoms with Gasteiger partial charge in [0.2, 0.25) is 0 Å². The van der Waals surface area contributed by atoms with E-state index < -0.39 is 0 Å². The van der Waals surface area contributed by atoms with Crippen molar-refractivity contribution in [3.8, 4) is 0 Å². The number of furan rings is 1. The monoisotopic (exact) mass is 257 g/mol. The summed E-state index contributed by atoms with van der Waals surface area (Å²) in [6.07, 6.45) is 4.56. The first-order valence-electron chi connectivity index (χ1n) is 7.20. The van der Waals surface area contributed by atoms with Gasteiger partial charge in [-0.1, -0.05) is 26.8 Å². The average molecular weight is 257 g/mol. The highest BCUT2D eigenvalue weighted by Gasteiger charge is 2.22. The number of rotatable bonds is 3. The maximum absolute atomic E-state index is 5.76. The highest BCUT2D eigenvalue weighted by atomic mass is 16.3. The Morgan fingerprint density at radius 3 is 2.63 bits per heavy atom. The zero-order valence-corrected chi connectivity index (χ0v) is 12.3. The molecule has 1 heterocycles. The van der Waals surface area contributed by atoms with Gasteiger partial charge in [-0.25, -0.2) is 0 Å². The summed E-state index contributed by atoms with van der Waals surface area (Å²) in [5.41, 5.74) is 5.13. The lowest BCUT2D eigenvalue weighted by molar-refractivity contribution is 0.587. The molecule has 1 saturated carbocycles. The highest BCUT2D eigenvalue weighted by Crippen LogP contribution is 2.32. The molecule has 0 aliphatic heterocycles. The van der Waals surface area contributed by atoms with E-state index in [1.54, 1.807) is 0 Å². The second kappa shape index (κ2) is 4.38. The molecule has 0 unspecified atom stereocenters. The van der Waals surface area contributed by atoms with Crippen molar-refractivity contribution < 1.29 is 4.42 Å². The van der Waals surface area contributed by atoms with Crippen LogP contribution in [0.1, 0.15) is 50.3 Å². The van der Waals surface area contributed by atoms with E-state index in [2.05, 4.69) is 45.1 Å². The second-order valence-electron chi connectivity index (χ2n) is 6.84. The smallest absolute Gasteiger partial charge is 0.137 e. The van der Waals surface area contributed by atoms with Crippen LogP contribution in [0.5, 0.6) is 0 Å². The third kappa shape index (κ3) is 2.55. The fraction of sp³-hybridized carbons (Fsp3) is 0.529. The summed E-state index contributed by atoms with van der Waals surface area (Å²) in [6, 6.07) is 5.29. The predicted molar refractivity (Wildman–Crippen MR) is 79.5 cm³/mol. The normalized spacial score (nSPS) is 16.2. The molecule has 1 aromatic carbocycles. The molecule has 0 bridgehead atoms. The number of hydrogen-bond donors (Lipinski definition) is 1. The summed E-state index contributed by atoms with van der Waals surface area (Å²) in [5, 5.41) is 4.84. The molecule has 2 nitrogen and oxygen atoms in total. The lowest BCUT2D eigenvalue weighted by Gasteiger charge is -2.20. The molecule has 1 fully saturated rings. The molecule has 0 saturated heterocycles. The first kappa shape index (κ1) is 12.7. The minimum Gasteiger partial charge on any atom is -0.464 e. The molecule has 102 valence electrons. The number of nitrogens with one attached hydrogen (secondary N) is 1. The Bertz CT molecular complexity index is 599. The zero-order chi connectivity index (χ0) is 13.6. The standard InChI is InChI=1S/C17H23NO/c1-11-7-13(17(2,3)4)8-15-12(10-19-16(11)15)9-18-14-5-6-14/h7-8,10,14,18H,5-6,9H2,1-4H3. The Labute approximate surface area is 115 Å². The van der Waals surface area contributed by atoms with Gasteiger partial charge in [-0.15, -0.1) is 0 Å². The van der Waals surface area contributed by atoms with E-state index in [1.165, 1.54) is 34.9 Å². The number of benzene rings is 1. The van der Waals surface area contributed by atoms with Crippen LogP contribution in [0.15, 0.2) is 22.8 Å². The summed E-state index contributed by atoms with van der Waals surface area (Å²) in [4.78, 5) is 0. The van der Waals surface area contributed by atoms with E-state index >= 15 is 0 Å². The van der Waals surface area contributed by atoms with Crippen LogP contribution >= 0.6 is 0 Å². The predicted octanol–water partition coefficient (Wildman–Crippen LogP) is 4.29. The highest BCUT2D eigenvalue weighted by molar-refractivity contribution is 5.84. The summed E-state index contributed by atoms with van der Waals surface area (Å²) >= 11 is 0. The number of aryl methyl sites for hydroxylation is 1. The fourth-order valence-electron chi connectivity index (χ4n) is 2.47. The second-order valence-corrected chi connectivity index (χ2v) is 6.84. The Morgan fingerprint density at radius 1 is 1.26 bits per heavy atom. The maximum Gasteiger partial charge on any atom is 0.137 e. The van der Waals surface area contributed by atoms with Crippen molar-refractivity contribution in [2.45, 2.75) is 58.5 Å². The number of fused-ring (bicyclic) bond motifs is 1. The molecular weight excluding hydrogens is 234 g/mol. The van der Waals surface area contributed by atoms with Crippen molar-refractivity contribution in [3.63, 3.8) is 0 Å². The van der Waals surface area contributed by atoms with E-state index in [1.807, 2.05) is 6.26 Å². The molecule has 19 heavy (non-hydrogen) atoms.